The van der Waals surface area contributed by atoms with Crippen LogP contribution in [0, 0.1) is 0 Å². The second-order valence-electron chi connectivity index (χ2n) is 4.86. The molecule has 1 fully saturated rings. The molecule has 1 aliphatic heterocycles. The number of thiazole rings is 1. The molecule has 1 aliphatic rings. The van der Waals surface area contributed by atoms with E-state index in [2.05, 4.69) is 10.3 Å². The number of imide groups is 1. The minimum atomic E-state index is -0.608. The van der Waals surface area contributed by atoms with E-state index in [9.17, 15) is 19.5 Å². The molecule has 25 heavy (non-hydrogen) atoms. The number of nitrogens with one attached hydrogen (secondary N) is 1. The van der Waals surface area contributed by atoms with Crippen LogP contribution in [0.25, 0.3) is 6.08 Å². The highest BCUT2D eigenvalue weighted by atomic mass is 35.5. The second-order valence-corrected chi connectivity index (χ2v) is 7.18. The Morgan fingerprint density at radius 1 is 1.40 bits per heavy atom. The van der Waals surface area contributed by atoms with Crippen molar-refractivity contribution in [3.8, 4) is 5.75 Å². The number of aromatic nitrogens is 1. The molecule has 7 nitrogen and oxygen atoms in total. The third kappa shape index (κ3) is 4.01. The molecule has 2 N–H and O–H groups in total. The average Bonchev–Trinajstić information content (AvgIpc) is 3.15. The van der Waals surface area contributed by atoms with E-state index in [0.717, 1.165) is 4.90 Å². The summed E-state index contributed by atoms with van der Waals surface area (Å²) in [6, 6.07) is 4.36. The van der Waals surface area contributed by atoms with Crippen molar-refractivity contribution in [1.29, 1.82) is 0 Å². The molecule has 10 heteroatoms. The number of halogens is 1. The highest BCUT2D eigenvalue weighted by molar-refractivity contribution is 8.18. The van der Waals surface area contributed by atoms with Gasteiger partial charge in [-0.3, -0.25) is 19.3 Å². The molecule has 3 amide bonds. The Kier molecular flexibility index (Phi) is 5.07. The molecule has 1 aromatic carbocycles. The number of amides is 3. The molecule has 0 saturated carbocycles. The van der Waals surface area contributed by atoms with Crippen molar-refractivity contribution in [3.63, 3.8) is 0 Å². The summed E-state index contributed by atoms with van der Waals surface area (Å²) in [4.78, 5) is 41.2. The van der Waals surface area contributed by atoms with Gasteiger partial charge in [0, 0.05) is 22.2 Å². The topological polar surface area (TPSA) is 99.6 Å². The van der Waals surface area contributed by atoms with Crippen molar-refractivity contribution >= 4 is 63.0 Å². The van der Waals surface area contributed by atoms with Gasteiger partial charge in [-0.25, -0.2) is 4.98 Å². The first-order valence-corrected chi connectivity index (χ1v) is 8.94. The van der Waals surface area contributed by atoms with Gasteiger partial charge in [0.15, 0.2) is 5.13 Å². The van der Waals surface area contributed by atoms with Crippen molar-refractivity contribution in [1.82, 2.24) is 9.88 Å². The van der Waals surface area contributed by atoms with Gasteiger partial charge >= 0.3 is 0 Å². The summed E-state index contributed by atoms with van der Waals surface area (Å²) in [5.41, 5.74) is 0.310. The molecule has 0 bridgehead atoms. The third-order valence-electron chi connectivity index (χ3n) is 3.13. The first-order chi connectivity index (χ1) is 11.9. The van der Waals surface area contributed by atoms with Gasteiger partial charge in [-0.1, -0.05) is 11.6 Å². The Bertz CT molecular complexity index is 883. The van der Waals surface area contributed by atoms with Crippen LogP contribution in [-0.2, 0) is 9.59 Å². The van der Waals surface area contributed by atoms with Gasteiger partial charge < -0.3 is 10.4 Å². The zero-order valence-corrected chi connectivity index (χ0v) is 14.8. The van der Waals surface area contributed by atoms with Crippen LogP contribution in [0.3, 0.4) is 0 Å². The minimum absolute atomic E-state index is 0.0716. The number of hydrogen-bond donors (Lipinski definition) is 2. The van der Waals surface area contributed by atoms with Crippen LogP contribution in [0.5, 0.6) is 5.75 Å². The molecule has 1 saturated heterocycles. The third-order valence-corrected chi connectivity index (χ3v) is 4.96. The Labute approximate surface area is 155 Å². The largest absolute Gasteiger partial charge is 0.507 e. The maximum Gasteiger partial charge on any atom is 0.294 e. The number of anilines is 1. The summed E-state index contributed by atoms with van der Waals surface area (Å²) >= 11 is 7.79. The van der Waals surface area contributed by atoms with Crippen LogP contribution >= 0.6 is 34.7 Å². The zero-order valence-electron chi connectivity index (χ0n) is 12.4. The number of carbonyl (C=O) groups is 3. The quantitative estimate of drug-likeness (QED) is 0.771. The lowest BCUT2D eigenvalue weighted by Crippen LogP contribution is -2.36. The number of rotatable bonds is 4. The van der Waals surface area contributed by atoms with E-state index in [4.69, 9.17) is 11.6 Å². The molecule has 128 valence electrons. The van der Waals surface area contributed by atoms with Crippen LogP contribution < -0.4 is 5.32 Å². The van der Waals surface area contributed by atoms with Gasteiger partial charge in [0.1, 0.15) is 12.3 Å². The first kappa shape index (κ1) is 17.5. The number of phenolic OH excluding ortho intramolecular Hbond substituents is 1. The summed E-state index contributed by atoms with van der Waals surface area (Å²) < 4.78 is 0. The van der Waals surface area contributed by atoms with Gasteiger partial charge in [0.2, 0.25) is 5.91 Å². The SMILES string of the molecule is O=C(CN1C(=O)S/C(=C\c2cc(Cl)ccc2O)C1=O)Nc1nccs1. The van der Waals surface area contributed by atoms with E-state index in [0.29, 0.717) is 27.5 Å². The Balaban J connectivity index is 1.74. The number of aromatic hydroxyl groups is 1. The summed E-state index contributed by atoms with van der Waals surface area (Å²) in [6.45, 7) is -0.414. The molecular weight excluding hydrogens is 386 g/mol. The van der Waals surface area contributed by atoms with Gasteiger partial charge in [-0.15, -0.1) is 11.3 Å². The highest BCUT2D eigenvalue weighted by Crippen LogP contribution is 2.34. The Morgan fingerprint density at radius 3 is 2.92 bits per heavy atom. The summed E-state index contributed by atoms with van der Waals surface area (Å²) in [5, 5.41) is 14.2. The van der Waals surface area contributed by atoms with Gasteiger partial charge in [-0.2, -0.15) is 0 Å². The van der Waals surface area contributed by atoms with Crippen LogP contribution in [0.4, 0.5) is 9.93 Å². The summed E-state index contributed by atoms with van der Waals surface area (Å²) in [7, 11) is 0. The van der Waals surface area contributed by atoms with Crippen molar-refractivity contribution in [2.45, 2.75) is 0 Å². The lowest BCUT2D eigenvalue weighted by Gasteiger charge is -2.11. The molecule has 0 unspecified atom stereocenters. The van der Waals surface area contributed by atoms with E-state index in [-0.39, 0.29) is 10.7 Å². The summed E-state index contributed by atoms with van der Waals surface area (Å²) in [5.74, 6) is -1.20. The van der Waals surface area contributed by atoms with Crippen LogP contribution in [0.15, 0.2) is 34.7 Å². The molecule has 0 aliphatic carbocycles. The Hall–Kier alpha value is -2.36. The molecular formula is C15H10ClN3O4S2. The first-order valence-electron chi connectivity index (χ1n) is 6.87. The summed E-state index contributed by atoms with van der Waals surface area (Å²) in [6.07, 6.45) is 2.89. The molecule has 0 spiro atoms. The molecule has 2 aromatic rings. The smallest absolute Gasteiger partial charge is 0.294 e. The van der Waals surface area contributed by atoms with Crippen molar-refractivity contribution < 1.29 is 19.5 Å². The number of carbonyl (C=O) groups excluding carboxylic acids is 3. The minimum Gasteiger partial charge on any atom is -0.507 e. The maximum absolute atomic E-state index is 12.4. The molecule has 0 radical (unpaired) electrons. The number of benzene rings is 1. The van der Waals surface area contributed by atoms with E-state index in [1.165, 1.54) is 41.8 Å². The Morgan fingerprint density at radius 2 is 2.20 bits per heavy atom. The van der Waals surface area contributed by atoms with Crippen molar-refractivity contribution in [3.05, 3.63) is 45.3 Å². The van der Waals surface area contributed by atoms with E-state index < -0.39 is 23.6 Å². The zero-order chi connectivity index (χ0) is 18.0. The second kappa shape index (κ2) is 7.26. The fourth-order valence-corrected chi connectivity index (χ4v) is 3.56. The number of thioether (sulfide) groups is 1. The fraction of sp³-hybridized carbons (Fsp3) is 0.0667. The van der Waals surface area contributed by atoms with Crippen molar-refractivity contribution in [2.24, 2.45) is 0 Å². The monoisotopic (exact) mass is 395 g/mol. The van der Waals surface area contributed by atoms with Gasteiger partial charge in [0.25, 0.3) is 11.1 Å². The van der Waals surface area contributed by atoms with Crippen LogP contribution in [0.1, 0.15) is 5.56 Å². The number of nitrogens with zero attached hydrogens (tertiary/aromatic N) is 2. The van der Waals surface area contributed by atoms with Gasteiger partial charge in [0.05, 0.1) is 4.91 Å². The van der Waals surface area contributed by atoms with Crippen LogP contribution in [0.2, 0.25) is 5.02 Å². The number of hydrogen-bond acceptors (Lipinski definition) is 7. The lowest BCUT2D eigenvalue weighted by molar-refractivity contribution is -0.127. The van der Waals surface area contributed by atoms with Crippen molar-refractivity contribution in [2.75, 3.05) is 11.9 Å². The molecule has 3 rings (SSSR count). The maximum atomic E-state index is 12.4. The normalized spacial score (nSPS) is 15.9. The van der Waals surface area contributed by atoms with Gasteiger partial charge in [-0.05, 0) is 36.0 Å². The predicted octanol–water partition coefficient (Wildman–Crippen LogP) is 3.18. The van der Waals surface area contributed by atoms with E-state index in [1.807, 2.05) is 0 Å². The molecule has 1 aromatic heterocycles. The highest BCUT2D eigenvalue weighted by Gasteiger charge is 2.36. The number of phenols is 1. The molecule has 0 atom stereocenters. The standard InChI is InChI=1S/C15H10ClN3O4S2/c16-9-1-2-10(20)8(5-9)6-11-13(22)19(15(23)25-11)7-12(21)18-14-17-3-4-24-14/h1-6,20H,7H2,(H,17,18,21)/b11-6-. The average molecular weight is 396 g/mol. The molecule has 2 heterocycles. The predicted molar refractivity (Wildman–Crippen MR) is 96.5 cm³/mol. The van der Waals surface area contributed by atoms with E-state index in [1.54, 1.807) is 5.38 Å². The van der Waals surface area contributed by atoms with Crippen LogP contribution in [-0.4, -0.2) is 38.6 Å². The van der Waals surface area contributed by atoms with E-state index >= 15 is 0 Å². The lowest BCUT2D eigenvalue weighted by atomic mass is 10.2. The fourth-order valence-electron chi connectivity index (χ4n) is 2.01.